The molecule has 0 radical (unpaired) electrons. The van der Waals surface area contributed by atoms with Crippen LogP contribution < -0.4 is 5.32 Å². The van der Waals surface area contributed by atoms with E-state index < -0.39 is 0 Å². The maximum Gasteiger partial charge on any atom is 0.317 e. The van der Waals surface area contributed by atoms with Crippen molar-refractivity contribution >= 4 is 12.4 Å². The van der Waals surface area contributed by atoms with Crippen LogP contribution in [-0.2, 0) is 4.79 Å². The van der Waals surface area contributed by atoms with Gasteiger partial charge in [0.1, 0.15) is 0 Å². The molecule has 3 amide bonds. The Bertz CT molecular complexity index is 212. The monoisotopic (exact) mass is 199 g/mol. The van der Waals surface area contributed by atoms with Crippen molar-refractivity contribution in [1.29, 1.82) is 0 Å². The lowest BCUT2D eigenvalue weighted by atomic mass is 10.0. The molecule has 1 rings (SSSR count). The first kappa shape index (κ1) is 10.8. The summed E-state index contributed by atoms with van der Waals surface area (Å²) in [6, 6.07) is 0.195. The first-order chi connectivity index (χ1) is 6.69. The molecule has 5 heteroatoms. The number of rotatable bonds is 2. The van der Waals surface area contributed by atoms with Crippen molar-refractivity contribution in [3.05, 3.63) is 0 Å². The number of hydrogen-bond donors (Lipinski definition) is 1. The van der Waals surface area contributed by atoms with Crippen molar-refractivity contribution in [2.24, 2.45) is 0 Å². The fraction of sp³-hybridized carbons (Fsp3) is 0.778. The summed E-state index contributed by atoms with van der Waals surface area (Å²) in [4.78, 5) is 25.2. The molecule has 0 saturated carbocycles. The zero-order valence-corrected chi connectivity index (χ0v) is 8.69. The van der Waals surface area contributed by atoms with E-state index in [9.17, 15) is 9.59 Å². The SMILES string of the molecule is CNC(=O)N(C)C1CCN(C=O)CC1. The second kappa shape index (κ2) is 4.83. The van der Waals surface area contributed by atoms with Gasteiger partial charge in [0.15, 0.2) is 0 Å². The molecule has 1 aliphatic heterocycles. The van der Waals surface area contributed by atoms with E-state index in [-0.39, 0.29) is 12.1 Å². The summed E-state index contributed by atoms with van der Waals surface area (Å²) < 4.78 is 0. The van der Waals surface area contributed by atoms with Crippen LogP contribution in [0.1, 0.15) is 12.8 Å². The van der Waals surface area contributed by atoms with Gasteiger partial charge in [0.05, 0.1) is 0 Å². The number of carbonyl (C=O) groups excluding carboxylic acids is 2. The van der Waals surface area contributed by atoms with Crippen LogP contribution in [0.5, 0.6) is 0 Å². The number of nitrogens with one attached hydrogen (secondary N) is 1. The van der Waals surface area contributed by atoms with Gasteiger partial charge in [-0.2, -0.15) is 0 Å². The lowest BCUT2D eigenvalue weighted by molar-refractivity contribution is -0.119. The van der Waals surface area contributed by atoms with Crippen LogP contribution in [-0.4, -0.2) is 55.5 Å². The number of nitrogens with zero attached hydrogens (tertiary/aromatic N) is 2. The Kier molecular flexibility index (Phi) is 3.73. The van der Waals surface area contributed by atoms with Crippen molar-refractivity contribution in [3.63, 3.8) is 0 Å². The smallest absolute Gasteiger partial charge is 0.317 e. The number of hydrogen-bond acceptors (Lipinski definition) is 2. The Balaban J connectivity index is 2.41. The summed E-state index contributed by atoms with van der Waals surface area (Å²) in [5.74, 6) is 0. The van der Waals surface area contributed by atoms with Crippen molar-refractivity contribution in [1.82, 2.24) is 15.1 Å². The highest BCUT2D eigenvalue weighted by Crippen LogP contribution is 2.13. The van der Waals surface area contributed by atoms with Gasteiger partial charge in [-0.05, 0) is 12.8 Å². The van der Waals surface area contributed by atoms with Crippen LogP contribution in [0.3, 0.4) is 0 Å². The first-order valence-corrected chi connectivity index (χ1v) is 4.83. The van der Waals surface area contributed by atoms with E-state index in [0.29, 0.717) is 0 Å². The summed E-state index contributed by atoms with van der Waals surface area (Å²) >= 11 is 0. The molecule has 14 heavy (non-hydrogen) atoms. The van der Waals surface area contributed by atoms with E-state index in [1.807, 2.05) is 0 Å². The van der Waals surface area contributed by atoms with Crippen molar-refractivity contribution in [3.8, 4) is 0 Å². The highest BCUT2D eigenvalue weighted by molar-refractivity contribution is 5.73. The van der Waals surface area contributed by atoms with Gasteiger partial charge in [-0.3, -0.25) is 4.79 Å². The summed E-state index contributed by atoms with van der Waals surface area (Å²) in [6.07, 6.45) is 2.60. The molecule has 0 aromatic rings. The molecular weight excluding hydrogens is 182 g/mol. The number of carbonyl (C=O) groups is 2. The lowest BCUT2D eigenvalue weighted by Gasteiger charge is -2.34. The molecule has 0 aliphatic carbocycles. The van der Waals surface area contributed by atoms with Crippen LogP contribution in [0, 0.1) is 0 Å². The van der Waals surface area contributed by atoms with E-state index in [1.165, 1.54) is 0 Å². The van der Waals surface area contributed by atoms with E-state index in [4.69, 9.17) is 0 Å². The van der Waals surface area contributed by atoms with Crippen molar-refractivity contribution in [2.75, 3.05) is 27.2 Å². The van der Waals surface area contributed by atoms with Gasteiger partial charge in [-0.25, -0.2) is 4.79 Å². The van der Waals surface area contributed by atoms with Gasteiger partial charge >= 0.3 is 6.03 Å². The highest BCUT2D eigenvalue weighted by atomic mass is 16.2. The molecular formula is C9H17N3O2. The zero-order chi connectivity index (χ0) is 10.6. The molecule has 0 aromatic carbocycles. The van der Waals surface area contributed by atoms with Gasteiger partial charge in [-0.15, -0.1) is 0 Å². The minimum absolute atomic E-state index is 0.0606. The molecule has 0 atom stereocenters. The summed E-state index contributed by atoms with van der Waals surface area (Å²) in [7, 11) is 3.42. The molecule has 1 heterocycles. The van der Waals surface area contributed by atoms with E-state index in [0.717, 1.165) is 32.3 Å². The van der Waals surface area contributed by atoms with Crippen LogP contribution >= 0.6 is 0 Å². The average Bonchev–Trinajstić information content (AvgIpc) is 2.27. The zero-order valence-electron chi connectivity index (χ0n) is 8.69. The third-order valence-corrected chi connectivity index (χ3v) is 2.73. The Labute approximate surface area is 84.0 Å². The molecule has 0 spiro atoms. The number of urea groups is 1. The fourth-order valence-corrected chi connectivity index (χ4v) is 1.72. The van der Waals surface area contributed by atoms with Crippen LogP contribution in [0.4, 0.5) is 4.79 Å². The molecule has 0 aromatic heterocycles. The molecule has 0 unspecified atom stereocenters. The van der Waals surface area contributed by atoms with E-state index in [2.05, 4.69) is 5.32 Å². The Hall–Kier alpha value is -1.26. The number of likely N-dealkylation sites (tertiary alicyclic amines) is 1. The van der Waals surface area contributed by atoms with Crippen LogP contribution in [0.2, 0.25) is 0 Å². The minimum atomic E-state index is -0.0606. The van der Waals surface area contributed by atoms with Gasteiger partial charge in [0, 0.05) is 33.2 Å². The van der Waals surface area contributed by atoms with Crippen molar-refractivity contribution in [2.45, 2.75) is 18.9 Å². The van der Waals surface area contributed by atoms with E-state index >= 15 is 0 Å². The summed E-state index contributed by atoms with van der Waals surface area (Å²) in [5, 5.41) is 2.59. The quantitative estimate of drug-likeness (QED) is 0.630. The molecule has 1 fully saturated rings. The third-order valence-electron chi connectivity index (χ3n) is 2.73. The molecule has 80 valence electrons. The van der Waals surface area contributed by atoms with Gasteiger partial charge in [-0.1, -0.05) is 0 Å². The van der Waals surface area contributed by atoms with Crippen LogP contribution in [0.25, 0.3) is 0 Å². The lowest BCUT2D eigenvalue weighted by Crippen LogP contribution is -2.47. The molecule has 1 N–H and O–H groups in total. The Morgan fingerprint density at radius 3 is 2.50 bits per heavy atom. The van der Waals surface area contributed by atoms with E-state index in [1.54, 1.807) is 23.9 Å². The Morgan fingerprint density at radius 2 is 2.07 bits per heavy atom. The summed E-state index contributed by atoms with van der Waals surface area (Å²) in [6.45, 7) is 1.49. The topological polar surface area (TPSA) is 52.7 Å². The van der Waals surface area contributed by atoms with Crippen molar-refractivity contribution < 1.29 is 9.59 Å². The fourth-order valence-electron chi connectivity index (χ4n) is 1.72. The molecule has 5 nitrogen and oxygen atoms in total. The normalized spacial score (nSPS) is 17.7. The highest BCUT2D eigenvalue weighted by Gasteiger charge is 2.23. The van der Waals surface area contributed by atoms with Gasteiger partial charge < -0.3 is 15.1 Å². The predicted octanol–water partition coefficient (Wildman–Crippen LogP) is -0.122. The van der Waals surface area contributed by atoms with Gasteiger partial charge in [0.2, 0.25) is 6.41 Å². The largest absolute Gasteiger partial charge is 0.345 e. The maximum atomic E-state index is 11.3. The second-order valence-electron chi connectivity index (χ2n) is 3.54. The summed E-state index contributed by atoms with van der Waals surface area (Å²) in [5.41, 5.74) is 0. The third kappa shape index (κ3) is 2.37. The van der Waals surface area contributed by atoms with Gasteiger partial charge in [0.25, 0.3) is 0 Å². The average molecular weight is 199 g/mol. The molecule has 1 aliphatic rings. The standard InChI is InChI=1S/C9H17N3O2/c1-10-9(14)11(2)8-3-5-12(7-13)6-4-8/h7-8H,3-6H2,1-2H3,(H,10,14). The molecule has 0 bridgehead atoms. The maximum absolute atomic E-state index is 11.3. The Morgan fingerprint density at radius 1 is 1.50 bits per heavy atom. The van der Waals surface area contributed by atoms with Crippen LogP contribution in [0.15, 0.2) is 0 Å². The first-order valence-electron chi connectivity index (χ1n) is 4.83. The number of piperidine rings is 1. The predicted molar refractivity (Wildman–Crippen MR) is 52.9 cm³/mol. The molecule has 1 saturated heterocycles. The number of amides is 3. The second-order valence-corrected chi connectivity index (χ2v) is 3.54. The minimum Gasteiger partial charge on any atom is -0.345 e.